The molecule has 0 bridgehead atoms. The Hall–Kier alpha value is -1.01. The number of rotatable bonds is 0. The molecule has 0 heterocycles. The van der Waals surface area contributed by atoms with Gasteiger partial charge in [-0.25, -0.2) is 0 Å². The van der Waals surface area contributed by atoms with E-state index in [4.69, 9.17) is 11.6 Å². The summed E-state index contributed by atoms with van der Waals surface area (Å²) in [5.74, 6) is 0. The SMILES string of the molecule is [CH2]c1cccc2c(Cl)cccc12. The average Bonchev–Trinajstić information content (AvgIpc) is 2.07. The molecular formula is C11H8Cl. The van der Waals surface area contributed by atoms with Gasteiger partial charge in [0.1, 0.15) is 0 Å². The van der Waals surface area contributed by atoms with Crippen molar-refractivity contribution in [3.8, 4) is 0 Å². The van der Waals surface area contributed by atoms with Gasteiger partial charge in [-0.05, 0) is 23.9 Å². The lowest BCUT2D eigenvalue weighted by Crippen LogP contribution is -1.77. The zero-order valence-corrected chi connectivity index (χ0v) is 7.31. The van der Waals surface area contributed by atoms with Gasteiger partial charge in [0.05, 0.1) is 0 Å². The molecule has 1 radical (unpaired) electrons. The number of hydrogen-bond acceptors (Lipinski definition) is 0. The summed E-state index contributed by atoms with van der Waals surface area (Å²) < 4.78 is 0. The molecule has 0 atom stereocenters. The molecule has 2 aromatic carbocycles. The lowest BCUT2D eigenvalue weighted by atomic mass is 10.1. The van der Waals surface area contributed by atoms with Crippen molar-refractivity contribution in [2.75, 3.05) is 0 Å². The van der Waals surface area contributed by atoms with Gasteiger partial charge in [-0.2, -0.15) is 0 Å². The van der Waals surface area contributed by atoms with Crippen molar-refractivity contribution in [1.82, 2.24) is 0 Å². The van der Waals surface area contributed by atoms with Crippen molar-refractivity contribution in [3.05, 3.63) is 53.9 Å². The fourth-order valence-electron chi connectivity index (χ4n) is 1.34. The third-order valence-corrected chi connectivity index (χ3v) is 2.29. The lowest BCUT2D eigenvalue weighted by Gasteiger charge is -2.01. The van der Waals surface area contributed by atoms with E-state index in [9.17, 15) is 0 Å². The van der Waals surface area contributed by atoms with Gasteiger partial charge in [0.25, 0.3) is 0 Å². The second kappa shape index (κ2) is 2.80. The van der Waals surface area contributed by atoms with E-state index in [0.29, 0.717) is 0 Å². The molecule has 0 saturated carbocycles. The first-order valence-electron chi connectivity index (χ1n) is 3.78. The van der Waals surface area contributed by atoms with Crippen molar-refractivity contribution < 1.29 is 0 Å². The van der Waals surface area contributed by atoms with Gasteiger partial charge in [-0.1, -0.05) is 41.9 Å². The second-order valence-corrected chi connectivity index (χ2v) is 3.16. The molecule has 2 rings (SSSR count). The summed E-state index contributed by atoms with van der Waals surface area (Å²) in [6, 6.07) is 11.8. The predicted molar refractivity (Wildman–Crippen MR) is 53.4 cm³/mol. The van der Waals surface area contributed by atoms with Crippen LogP contribution in [0.15, 0.2) is 36.4 Å². The van der Waals surface area contributed by atoms with E-state index < -0.39 is 0 Å². The van der Waals surface area contributed by atoms with E-state index in [1.807, 2.05) is 36.4 Å². The van der Waals surface area contributed by atoms with Gasteiger partial charge < -0.3 is 0 Å². The maximum absolute atomic E-state index is 6.00. The summed E-state index contributed by atoms with van der Waals surface area (Å²) in [7, 11) is 0. The van der Waals surface area contributed by atoms with Crippen LogP contribution in [0, 0.1) is 6.92 Å². The molecule has 59 valence electrons. The highest BCUT2D eigenvalue weighted by Crippen LogP contribution is 2.24. The second-order valence-electron chi connectivity index (χ2n) is 2.75. The fraction of sp³-hybridized carbons (Fsp3) is 0. The zero-order chi connectivity index (χ0) is 8.55. The van der Waals surface area contributed by atoms with Crippen LogP contribution in [0.3, 0.4) is 0 Å². The molecule has 0 fully saturated rings. The quantitative estimate of drug-likeness (QED) is 0.573. The molecule has 2 aromatic rings. The molecular weight excluding hydrogens is 168 g/mol. The summed E-state index contributed by atoms with van der Waals surface area (Å²) >= 11 is 6.00. The third kappa shape index (κ3) is 1.09. The maximum atomic E-state index is 6.00. The van der Waals surface area contributed by atoms with Crippen molar-refractivity contribution in [2.24, 2.45) is 0 Å². The summed E-state index contributed by atoms with van der Waals surface area (Å²) in [4.78, 5) is 0. The van der Waals surface area contributed by atoms with E-state index in [2.05, 4.69) is 6.92 Å². The molecule has 0 unspecified atom stereocenters. The Bertz CT molecular complexity index is 377. The van der Waals surface area contributed by atoms with Crippen LogP contribution < -0.4 is 0 Å². The smallest absolute Gasteiger partial charge is 0.0484 e. The van der Waals surface area contributed by atoms with Crippen molar-refractivity contribution in [2.45, 2.75) is 0 Å². The van der Waals surface area contributed by atoms with Gasteiger partial charge in [-0.15, -0.1) is 0 Å². The Morgan fingerprint density at radius 2 is 1.58 bits per heavy atom. The number of hydrogen-bond donors (Lipinski definition) is 0. The van der Waals surface area contributed by atoms with Gasteiger partial charge >= 0.3 is 0 Å². The van der Waals surface area contributed by atoms with Crippen LogP contribution in [0.1, 0.15) is 5.56 Å². The first-order chi connectivity index (χ1) is 5.79. The Labute approximate surface area is 76.8 Å². The maximum Gasteiger partial charge on any atom is 0.0484 e. The molecule has 0 amide bonds. The summed E-state index contributed by atoms with van der Waals surface area (Å²) in [6.45, 7) is 3.93. The topological polar surface area (TPSA) is 0 Å². The molecule has 0 nitrogen and oxygen atoms in total. The minimum Gasteiger partial charge on any atom is -0.0837 e. The Balaban J connectivity index is 2.94. The van der Waals surface area contributed by atoms with Crippen molar-refractivity contribution in [3.63, 3.8) is 0 Å². The molecule has 0 spiro atoms. The zero-order valence-electron chi connectivity index (χ0n) is 6.55. The van der Waals surface area contributed by atoms with Crippen LogP contribution in [0.5, 0.6) is 0 Å². The van der Waals surface area contributed by atoms with E-state index in [-0.39, 0.29) is 0 Å². The standard InChI is InChI=1S/C11H8Cl/c1-8-4-2-6-10-9(8)5-3-7-11(10)12/h2-7H,1H2. The van der Waals surface area contributed by atoms with Crippen LogP contribution in [0.25, 0.3) is 10.8 Å². The molecule has 0 aliphatic carbocycles. The summed E-state index contributed by atoms with van der Waals surface area (Å²) in [6.07, 6.45) is 0. The van der Waals surface area contributed by atoms with Crippen LogP contribution in [-0.4, -0.2) is 0 Å². The van der Waals surface area contributed by atoms with E-state index in [1.54, 1.807) is 0 Å². The number of benzene rings is 2. The Morgan fingerprint density at radius 1 is 0.917 bits per heavy atom. The van der Waals surface area contributed by atoms with Crippen molar-refractivity contribution >= 4 is 22.4 Å². The monoisotopic (exact) mass is 175 g/mol. The molecule has 0 aromatic heterocycles. The minimum absolute atomic E-state index is 0.790. The highest BCUT2D eigenvalue weighted by Gasteiger charge is 1.98. The fourth-order valence-corrected chi connectivity index (χ4v) is 1.57. The minimum atomic E-state index is 0.790. The van der Waals surface area contributed by atoms with E-state index in [0.717, 1.165) is 21.4 Å². The van der Waals surface area contributed by atoms with Crippen molar-refractivity contribution in [1.29, 1.82) is 0 Å². The molecule has 1 heteroatoms. The Morgan fingerprint density at radius 3 is 2.33 bits per heavy atom. The summed E-state index contributed by atoms with van der Waals surface area (Å²) in [5.41, 5.74) is 1.02. The first kappa shape index (κ1) is 7.63. The predicted octanol–water partition coefficient (Wildman–Crippen LogP) is 3.68. The largest absolute Gasteiger partial charge is 0.0837 e. The molecule has 12 heavy (non-hydrogen) atoms. The third-order valence-electron chi connectivity index (χ3n) is 1.96. The van der Waals surface area contributed by atoms with Gasteiger partial charge in [-0.3, -0.25) is 0 Å². The van der Waals surface area contributed by atoms with Crippen LogP contribution in [0.4, 0.5) is 0 Å². The van der Waals surface area contributed by atoms with Gasteiger partial charge in [0, 0.05) is 10.4 Å². The number of fused-ring (bicyclic) bond motifs is 1. The van der Waals surface area contributed by atoms with Gasteiger partial charge in [0.2, 0.25) is 0 Å². The molecule has 0 N–H and O–H groups in total. The highest BCUT2D eigenvalue weighted by atomic mass is 35.5. The van der Waals surface area contributed by atoms with E-state index >= 15 is 0 Å². The lowest BCUT2D eigenvalue weighted by molar-refractivity contribution is 1.67. The molecule has 0 aliphatic heterocycles. The average molecular weight is 176 g/mol. The molecule has 0 saturated heterocycles. The van der Waals surface area contributed by atoms with E-state index in [1.165, 1.54) is 0 Å². The van der Waals surface area contributed by atoms with Crippen LogP contribution in [-0.2, 0) is 0 Å². The normalized spacial score (nSPS) is 10.5. The molecule has 0 aliphatic rings. The van der Waals surface area contributed by atoms with Crippen LogP contribution in [0.2, 0.25) is 5.02 Å². The van der Waals surface area contributed by atoms with Crippen LogP contribution >= 0.6 is 11.6 Å². The highest BCUT2D eigenvalue weighted by molar-refractivity contribution is 6.35. The summed E-state index contributed by atoms with van der Waals surface area (Å²) in [5, 5.41) is 3.00. The Kier molecular flexibility index (Phi) is 1.78. The number of halogens is 1. The first-order valence-corrected chi connectivity index (χ1v) is 4.16. The van der Waals surface area contributed by atoms with Gasteiger partial charge in [0.15, 0.2) is 0 Å².